The van der Waals surface area contributed by atoms with E-state index in [0.717, 1.165) is 21.9 Å². The van der Waals surface area contributed by atoms with Crippen molar-refractivity contribution < 1.29 is 14.7 Å². The number of hydrogen-bond acceptors (Lipinski definition) is 6. The van der Waals surface area contributed by atoms with Crippen molar-refractivity contribution >= 4 is 40.6 Å². The van der Waals surface area contributed by atoms with E-state index in [4.69, 9.17) is 0 Å². The Labute approximate surface area is 197 Å². The van der Waals surface area contributed by atoms with E-state index in [2.05, 4.69) is 4.98 Å². The number of fused-ring (bicyclic) bond motifs is 9. The number of amides is 2. The molecule has 33 heavy (non-hydrogen) atoms. The maximum atomic E-state index is 13.6. The molecule has 3 fully saturated rings. The number of aromatic hydroxyl groups is 1. The number of para-hydroxylation sites is 2. The molecule has 7 rings (SSSR count). The number of rotatable bonds is 2. The lowest BCUT2D eigenvalue weighted by atomic mass is 9.68. The van der Waals surface area contributed by atoms with Gasteiger partial charge < -0.3 is 10.1 Å². The summed E-state index contributed by atoms with van der Waals surface area (Å²) in [4.78, 5) is 44.6. The minimum atomic E-state index is -0.338. The number of anilines is 1. The molecule has 2 bridgehead atoms. The lowest BCUT2D eigenvalue weighted by Crippen LogP contribution is -2.42. The molecule has 6 nitrogen and oxygen atoms in total. The summed E-state index contributed by atoms with van der Waals surface area (Å²) in [5.74, 6) is -0.602. The molecule has 0 unspecified atom stereocenters. The highest BCUT2D eigenvalue weighted by molar-refractivity contribution is 8.00. The summed E-state index contributed by atoms with van der Waals surface area (Å²) in [6, 6.07) is 16.5. The van der Waals surface area contributed by atoms with Crippen molar-refractivity contribution in [3.05, 3.63) is 74.7 Å². The molecule has 4 aliphatic rings. The summed E-state index contributed by atoms with van der Waals surface area (Å²) in [6.07, 6.45) is 0.834. The number of hydrogen-bond donors (Lipinski definition) is 2. The Bertz CT molecular complexity index is 1370. The van der Waals surface area contributed by atoms with Gasteiger partial charge in [-0.15, -0.1) is 11.8 Å². The van der Waals surface area contributed by atoms with Crippen LogP contribution in [0.4, 0.5) is 5.69 Å². The second-order valence-electron chi connectivity index (χ2n) is 9.37. The number of aromatic amines is 1. The standard InChI is InChI=1S/C25H20N2O4S2/c28-15-9-5-4-8-12(15)16-17-13-10-14(20(17)32-22-21(16)33-25(31)26-22)19-18(13)23(29)27(24(19)30)11-6-2-1-3-7-11/h1-9,13-14,16-20,28H,10H2,(H,26,31)/t13-,14-,16-,17-,18+,19-,20+/m0/s1. The topological polar surface area (TPSA) is 90.5 Å². The third-order valence-electron chi connectivity index (χ3n) is 8.01. The predicted octanol–water partition coefficient (Wildman–Crippen LogP) is 3.82. The first-order valence-corrected chi connectivity index (χ1v) is 12.8. The van der Waals surface area contributed by atoms with Crippen molar-refractivity contribution in [2.45, 2.75) is 22.6 Å². The van der Waals surface area contributed by atoms with Crippen molar-refractivity contribution in [1.82, 2.24) is 4.98 Å². The Kier molecular flexibility index (Phi) is 4.06. The molecular formula is C25H20N2O4S2. The van der Waals surface area contributed by atoms with Crippen LogP contribution in [0.2, 0.25) is 0 Å². The monoisotopic (exact) mass is 476 g/mol. The summed E-state index contributed by atoms with van der Waals surface area (Å²) in [5, 5.41) is 11.7. The second-order valence-corrected chi connectivity index (χ2v) is 11.6. The van der Waals surface area contributed by atoms with Gasteiger partial charge in [0, 0.05) is 21.6 Å². The molecular weight excluding hydrogens is 456 g/mol. The Morgan fingerprint density at radius 3 is 2.36 bits per heavy atom. The van der Waals surface area contributed by atoms with Crippen molar-refractivity contribution in [3.63, 3.8) is 0 Å². The fourth-order valence-corrected chi connectivity index (χ4v) is 9.83. The summed E-state index contributed by atoms with van der Waals surface area (Å²) in [7, 11) is 0. The molecule has 1 aromatic heterocycles. The number of imide groups is 1. The van der Waals surface area contributed by atoms with Gasteiger partial charge in [-0.1, -0.05) is 47.7 Å². The number of aromatic nitrogens is 1. The Balaban J connectivity index is 1.36. The van der Waals surface area contributed by atoms with Gasteiger partial charge in [0.2, 0.25) is 11.8 Å². The minimum Gasteiger partial charge on any atom is -0.508 e. The summed E-state index contributed by atoms with van der Waals surface area (Å²) >= 11 is 2.85. The molecule has 2 saturated carbocycles. The normalized spacial score (nSPS) is 33.8. The van der Waals surface area contributed by atoms with E-state index in [-0.39, 0.29) is 63.2 Å². The van der Waals surface area contributed by atoms with E-state index < -0.39 is 0 Å². The molecule has 0 radical (unpaired) electrons. The van der Waals surface area contributed by atoms with E-state index in [1.54, 1.807) is 23.9 Å². The summed E-state index contributed by atoms with van der Waals surface area (Å²) in [6.45, 7) is 0. The van der Waals surface area contributed by atoms with Crippen LogP contribution < -0.4 is 9.77 Å². The zero-order chi connectivity index (χ0) is 22.4. The van der Waals surface area contributed by atoms with Crippen LogP contribution in [0.1, 0.15) is 22.8 Å². The first-order valence-electron chi connectivity index (χ1n) is 11.1. The van der Waals surface area contributed by atoms with E-state index in [9.17, 15) is 19.5 Å². The van der Waals surface area contributed by atoms with Crippen molar-refractivity contribution in [1.29, 1.82) is 0 Å². The van der Waals surface area contributed by atoms with Gasteiger partial charge in [0.25, 0.3) is 0 Å². The Morgan fingerprint density at radius 2 is 1.61 bits per heavy atom. The molecule has 1 saturated heterocycles. The number of benzene rings is 2. The number of thiazole rings is 1. The van der Waals surface area contributed by atoms with Crippen LogP contribution in [0, 0.1) is 29.6 Å². The molecule has 2 aliphatic carbocycles. The number of H-pyrrole nitrogens is 1. The van der Waals surface area contributed by atoms with Crippen LogP contribution in [0.25, 0.3) is 0 Å². The molecule has 8 heteroatoms. The second kappa shape index (κ2) is 6.84. The number of nitrogens with one attached hydrogen (secondary N) is 1. The van der Waals surface area contributed by atoms with Crippen LogP contribution in [0.15, 0.2) is 64.4 Å². The largest absolute Gasteiger partial charge is 0.508 e. The Morgan fingerprint density at radius 1 is 0.909 bits per heavy atom. The van der Waals surface area contributed by atoms with Gasteiger partial charge in [-0.2, -0.15) is 0 Å². The van der Waals surface area contributed by atoms with Gasteiger partial charge in [-0.25, -0.2) is 0 Å². The van der Waals surface area contributed by atoms with Gasteiger partial charge in [0.05, 0.1) is 22.5 Å². The average Bonchev–Trinajstić information content (AvgIpc) is 3.54. The van der Waals surface area contributed by atoms with E-state index in [0.29, 0.717) is 5.69 Å². The summed E-state index contributed by atoms with van der Waals surface area (Å²) in [5.41, 5.74) is 1.43. The van der Waals surface area contributed by atoms with Crippen LogP contribution >= 0.6 is 23.1 Å². The van der Waals surface area contributed by atoms with Crippen LogP contribution in [-0.2, 0) is 9.59 Å². The van der Waals surface area contributed by atoms with Crippen LogP contribution in [-0.4, -0.2) is 27.2 Å². The first-order chi connectivity index (χ1) is 16.0. The highest BCUT2D eigenvalue weighted by Crippen LogP contribution is 2.69. The van der Waals surface area contributed by atoms with E-state index in [1.807, 2.05) is 42.5 Å². The fourth-order valence-electron chi connectivity index (χ4n) is 6.95. The van der Waals surface area contributed by atoms with Crippen LogP contribution in [0.5, 0.6) is 5.75 Å². The molecule has 2 aliphatic heterocycles. The van der Waals surface area contributed by atoms with E-state index in [1.165, 1.54) is 16.2 Å². The smallest absolute Gasteiger partial charge is 0.305 e. The van der Waals surface area contributed by atoms with Crippen LogP contribution in [0.3, 0.4) is 0 Å². The highest BCUT2D eigenvalue weighted by Gasteiger charge is 2.69. The van der Waals surface area contributed by atoms with Gasteiger partial charge in [-0.3, -0.25) is 19.3 Å². The zero-order valence-electron chi connectivity index (χ0n) is 17.4. The van der Waals surface area contributed by atoms with Crippen molar-refractivity contribution in [3.8, 4) is 5.75 Å². The molecule has 2 N–H and O–H groups in total. The maximum Gasteiger partial charge on any atom is 0.305 e. The summed E-state index contributed by atoms with van der Waals surface area (Å²) < 4.78 is 0. The molecule has 0 spiro atoms. The van der Waals surface area contributed by atoms with Gasteiger partial charge >= 0.3 is 4.87 Å². The highest BCUT2D eigenvalue weighted by atomic mass is 32.2. The zero-order valence-corrected chi connectivity index (χ0v) is 19.0. The Hall–Kier alpha value is -2.84. The van der Waals surface area contributed by atoms with E-state index >= 15 is 0 Å². The molecule has 2 amide bonds. The quantitative estimate of drug-likeness (QED) is 0.549. The molecule has 166 valence electrons. The maximum absolute atomic E-state index is 13.6. The predicted molar refractivity (Wildman–Crippen MR) is 126 cm³/mol. The number of thioether (sulfide) groups is 1. The molecule has 3 heterocycles. The number of nitrogens with zero attached hydrogens (tertiary/aromatic N) is 1. The third-order valence-corrected chi connectivity index (χ3v) is 10.6. The fraction of sp³-hybridized carbons (Fsp3) is 0.320. The number of carbonyl (C=O) groups excluding carboxylic acids is 2. The van der Waals surface area contributed by atoms with Gasteiger partial charge in [0.1, 0.15) is 5.75 Å². The first kappa shape index (κ1) is 19.6. The molecule has 3 aromatic rings. The third kappa shape index (κ3) is 2.53. The molecule has 2 aromatic carbocycles. The number of phenols is 1. The number of carbonyl (C=O) groups is 2. The lowest BCUT2D eigenvalue weighted by molar-refractivity contribution is -0.123. The van der Waals surface area contributed by atoms with Gasteiger partial charge in [0.15, 0.2) is 0 Å². The van der Waals surface area contributed by atoms with Gasteiger partial charge in [-0.05, 0) is 42.4 Å². The number of phenolic OH excluding ortho intramolecular Hbond substituents is 1. The SMILES string of the molecule is O=C1[C@@H]2[C@H]3C[C@H]([C@H]4Sc5[nH]c(=O)sc5[C@@H](c5ccccc5O)[C@H]34)[C@@H]2C(=O)N1c1ccccc1. The minimum absolute atomic E-state index is 0.0395. The van der Waals surface area contributed by atoms with Crippen molar-refractivity contribution in [2.24, 2.45) is 29.6 Å². The van der Waals surface area contributed by atoms with Crippen molar-refractivity contribution in [2.75, 3.05) is 4.90 Å². The average molecular weight is 477 g/mol. The lowest BCUT2D eigenvalue weighted by Gasteiger charge is -2.43. The molecule has 7 atom stereocenters.